The van der Waals surface area contributed by atoms with Gasteiger partial charge in [0.05, 0.1) is 12.3 Å². The Morgan fingerprint density at radius 2 is 1.64 bits per heavy atom. The highest BCUT2D eigenvalue weighted by Crippen LogP contribution is 2.21. The maximum Gasteiger partial charge on any atom is 0.329 e. The van der Waals surface area contributed by atoms with E-state index in [1.165, 1.54) is 16.5 Å². The molecule has 8 nitrogen and oxygen atoms in total. The van der Waals surface area contributed by atoms with Gasteiger partial charge >= 0.3 is 6.03 Å². The minimum Gasteiger partial charge on any atom is -0.324 e. The summed E-state index contributed by atoms with van der Waals surface area (Å²) in [6, 6.07) is 27.3. The van der Waals surface area contributed by atoms with Gasteiger partial charge < -0.3 is 4.90 Å². The SMILES string of the molecule is CN(C(=O)n1cnc(-c2cccc(C(=O)NOCc3ccccc3)c2)c1)C1CCN(Cc2ccccc2)CC1. The lowest BCUT2D eigenvalue weighted by Gasteiger charge is -2.36. The van der Waals surface area contributed by atoms with Crippen LogP contribution in [0, 0.1) is 0 Å². The van der Waals surface area contributed by atoms with Gasteiger partial charge in [0.15, 0.2) is 0 Å². The van der Waals surface area contributed by atoms with E-state index in [-0.39, 0.29) is 24.6 Å². The van der Waals surface area contributed by atoms with Gasteiger partial charge in [-0.15, -0.1) is 0 Å². The van der Waals surface area contributed by atoms with Crippen LogP contribution >= 0.6 is 0 Å². The van der Waals surface area contributed by atoms with E-state index in [9.17, 15) is 9.59 Å². The fourth-order valence-electron chi connectivity index (χ4n) is 4.86. The van der Waals surface area contributed by atoms with E-state index in [1.54, 1.807) is 24.4 Å². The molecule has 0 atom stereocenters. The van der Waals surface area contributed by atoms with Crippen LogP contribution in [0.25, 0.3) is 11.3 Å². The highest BCUT2D eigenvalue weighted by atomic mass is 16.6. The van der Waals surface area contributed by atoms with Crippen molar-refractivity contribution in [3.8, 4) is 11.3 Å². The highest BCUT2D eigenvalue weighted by Gasteiger charge is 2.26. The third-order valence-corrected chi connectivity index (χ3v) is 7.13. The van der Waals surface area contributed by atoms with Gasteiger partial charge in [-0.3, -0.25) is 19.1 Å². The number of hydroxylamine groups is 1. The molecule has 3 aromatic carbocycles. The molecule has 5 rings (SSSR count). The van der Waals surface area contributed by atoms with E-state index in [4.69, 9.17) is 4.84 Å². The van der Waals surface area contributed by atoms with Crippen LogP contribution < -0.4 is 5.48 Å². The Morgan fingerprint density at radius 1 is 0.949 bits per heavy atom. The van der Waals surface area contributed by atoms with Crippen molar-refractivity contribution in [2.75, 3.05) is 20.1 Å². The summed E-state index contributed by atoms with van der Waals surface area (Å²) in [7, 11) is 1.86. The summed E-state index contributed by atoms with van der Waals surface area (Å²) in [4.78, 5) is 39.9. The lowest BCUT2D eigenvalue weighted by Crippen LogP contribution is -2.46. The van der Waals surface area contributed by atoms with Crippen molar-refractivity contribution in [1.82, 2.24) is 24.8 Å². The standard InChI is InChI=1S/C31H33N5O3/c1-34(28-15-17-35(18-16-28)20-24-9-4-2-5-10-24)31(38)36-21-29(32-23-36)26-13-8-14-27(19-26)30(37)33-39-22-25-11-6-3-7-12-25/h2-14,19,21,23,28H,15-18,20,22H2,1H3,(H,33,37). The molecule has 1 aromatic heterocycles. The van der Waals surface area contributed by atoms with E-state index in [2.05, 4.69) is 39.6 Å². The van der Waals surface area contributed by atoms with E-state index in [0.717, 1.165) is 43.6 Å². The summed E-state index contributed by atoms with van der Waals surface area (Å²) in [6.45, 7) is 3.12. The Bertz CT molecular complexity index is 1380. The molecule has 1 saturated heterocycles. The van der Waals surface area contributed by atoms with Crippen LogP contribution in [0.3, 0.4) is 0 Å². The molecule has 1 aliphatic heterocycles. The number of likely N-dealkylation sites (tertiary alicyclic amines) is 1. The molecule has 0 radical (unpaired) electrons. The molecular formula is C31H33N5O3. The second-order valence-electron chi connectivity index (χ2n) is 9.84. The van der Waals surface area contributed by atoms with Crippen LogP contribution in [0.15, 0.2) is 97.5 Å². The number of piperidine rings is 1. The minimum absolute atomic E-state index is 0.113. The van der Waals surface area contributed by atoms with Crippen molar-refractivity contribution in [3.63, 3.8) is 0 Å². The lowest BCUT2D eigenvalue weighted by molar-refractivity contribution is 0.0233. The largest absolute Gasteiger partial charge is 0.329 e. The first kappa shape index (κ1) is 26.3. The molecular weight excluding hydrogens is 490 g/mol. The predicted octanol–water partition coefficient (Wildman–Crippen LogP) is 4.98. The molecule has 4 aromatic rings. The van der Waals surface area contributed by atoms with Gasteiger partial charge in [-0.25, -0.2) is 15.3 Å². The van der Waals surface area contributed by atoms with E-state index >= 15 is 0 Å². The molecule has 0 spiro atoms. The summed E-state index contributed by atoms with van der Waals surface area (Å²) < 4.78 is 1.52. The normalized spacial score (nSPS) is 14.2. The average molecular weight is 524 g/mol. The number of carbonyl (C=O) groups excluding carboxylic acids is 2. The van der Waals surface area contributed by atoms with Crippen LogP contribution in [0.1, 0.15) is 34.3 Å². The van der Waals surface area contributed by atoms with Gasteiger partial charge in [-0.1, -0.05) is 72.8 Å². The number of rotatable bonds is 8. The highest BCUT2D eigenvalue weighted by molar-refractivity contribution is 5.94. The quantitative estimate of drug-likeness (QED) is 0.330. The van der Waals surface area contributed by atoms with E-state index in [1.807, 2.05) is 54.4 Å². The third-order valence-electron chi connectivity index (χ3n) is 7.13. The third kappa shape index (κ3) is 6.79. The van der Waals surface area contributed by atoms with Gasteiger partial charge in [0.1, 0.15) is 6.33 Å². The van der Waals surface area contributed by atoms with Gasteiger partial charge in [-0.2, -0.15) is 0 Å². The first-order valence-corrected chi connectivity index (χ1v) is 13.2. The monoisotopic (exact) mass is 523 g/mol. The molecule has 39 heavy (non-hydrogen) atoms. The van der Waals surface area contributed by atoms with Crippen molar-refractivity contribution in [1.29, 1.82) is 0 Å². The second-order valence-corrected chi connectivity index (χ2v) is 9.84. The van der Waals surface area contributed by atoms with Crippen LogP contribution in [-0.2, 0) is 18.0 Å². The number of imidazole rings is 1. The van der Waals surface area contributed by atoms with E-state index < -0.39 is 0 Å². The van der Waals surface area contributed by atoms with Gasteiger partial charge in [0.25, 0.3) is 5.91 Å². The Labute approximate surface area is 228 Å². The molecule has 8 heteroatoms. The predicted molar refractivity (Wildman–Crippen MR) is 150 cm³/mol. The zero-order chi connectivity index (χ0) is 27.0. The molecule has 1 fully saturated rings. The van der Waals surface area contributed by atoms with Crippen LogP contribution in [0.4, 0.5) is 4.79 Å². The molecule has 2 amide bonds. The Balaban J connectivity index is 1.15. The topological polar surface area (TPSA) is 79.7 Å². The molecule has 1 aliphatic rings. The zero-order valence-electron chi connectivity index (χ0n) is 22.1. The summed E-state index contributed by atoms with van der Waals surface area (Å²) in [6.07, 6.45) is 5.11. The minimum atomic E-state index is -0.346. The first-order valence-electron chi connectivity index (χ1n) is 13.2. The van der Waals surface area contributed by atoms with Crippen molar-refractivity contribution in [2.45, 2.75) is 32.0 Å². The van der Waals surface area contributed by atoms with Crippen molar-refractivity contribution in [3.05, 3.63) is 114 Å². The molecule has 0 aliphatic carbocycles. The van der Waals surface area contributed by atoms with Crippen molar-refractivity contribution < 1.29 is 14.4 Å². The number of nitrogens with zero attached hydrogens (tertiary/aromatic N) is 4. The van der Waals surface area contributed by atoms with Gasteiger partial charge in [-0.05, 0) is 36.1 Å². The molecule has 200 valence electrons. The number of hydrogen-bond acceptors (Lipinski definition) is 5. The number of carbonyl (C=O) groups is 2. The number of hydrogen-bond donors (Lipinski definition) is 1. The van der Waals surface area contributed by atoms with Gasteiger partial charge in [0, 0.05) is 50.0 Å². The first-order chi connectivity index (χ1) is 19.1. The van der Waals surface area contributed by atoms with Crippen molar-refractivity contribution in [2.24, 2.45) is 0 Å². The molecule has 0 unspecified atom stereocenters. The van der Waals surface area contributed by atoms with Crippen LogP contribution in [0.5, 0.6) is 0 Å². The van der Waals surface area contributed by atoms with Gasteiger partial charge in [0.2, 0.25) is 0 Å². The average Bonchev–Trinajstić information content (AvgIpc) is 3.48. The molecule has 0 bridgehead atoms. The van der Waals surface area contributed by atoms with E-state index in [0.29, 0.717) is 11.3 Å². The number of aromatic nitrogens is 2. The van der Waals surface area contributed by atoms with Crippen molar-refractivity contribution >= 4 is 11.9 Å². The second kappa shape index (κ2) is 12.5. The maximum absolute atomic E-state index is 13.2. The molecule has 0 saturated carbocycles. The number of amides is 2. The lowest BCUT2D eigenvalue weighted by atomic mass is 10.0. The Hall–Kier alpha value is -4.27. The Morgan fingerprint density at radius 3 is 2.36 bits per heavy atom. The van der Waals surface area contributed by atoms with Crippen LogP contribution in [0.2, 0.25) is 0 Å². The number of benzene rings is 3. The molecule has 2 heterocycles. The fourth-order valence-corrected chi connectivity index (χ4v) is 4.86. The number of nitrogens with one attached hydrogen (secondary N) is 1. The Kier molecular flexibility index (Phi) is 8.45. The summed E-state index contributed by atoms with van der Waals surface area (Å²) in [5, 5.41) is 0. The summed E-state index contributed by atoms with van der Waals surface area (Å²) >= 11 is 0. The fraction of sp³-hybridized carbons (Fsp3) is 0.258. The van der Waals surface area contributed by atoms with Crippen LogP contribution in [-0.4, -0.2) is 57.5 Å². The molecule has 1 N–H and O–H groups in total. The zero-order valence-corrected chi connectivity index (χ0v) is 22.1. The maximum atomic E-state index is 13.2. The summed E-state index contributed by atoms with van der Waals surface area (Å²) in [5.41, 5.74) is 6.57. The summed E-state index contributed by atoms with van der Waals surface area (Å²) in [5.74, 6) is -0.346. The smallest absolute Gasteiger partial charge is 0.324 e.